The highest BCUT2D eigenvalue weighted by Gasteiger charge is 2.26. The summed E-state index contributed by atoms with van der Waals surface area (Å²) in [6.45, 7) is 1.11. The van der Waals surface area contributed by atoms with Crippen molar-refractivity contribution in [3.05, 3.63) is 23.8 Å². The number of nitrogens with one attached hydrogen (secondary N) is 2. The molecule has 0 spiro atoms. The number of carbonyl (C=O) groups is 1. The summed E-state index contributed by atoms with van der Waals surface area (Å²) >= 11 is 0. The summed E-state index contributed by atoms with van der Waals surface area (Å²) in [6.07, 6.45) is 10.8. The molecule has 0 bridgehead atoms. The number of methoxy groups -OCH3 is 1. The van der Waals surface area contributed by atoms with Gasteiger partial charge in [0.05, 0.1) is 13.2 Å². The fourth-order valence-electron chi connectivity index (χ4n) is 4.21. The van der Waals surface area contributed by atoms with Crippen LogP contribution in [0.4, 0.5) is 0 Å². The second-order valence-electron chi connectivity index (χ2n) is 8.21. The molecular weight excluding hydrogens is 404 g/mol. The second kappa shape index (κ2) is 11.1. The molecule has 1 aromatic rings. The van der Waals surface area contributed by atoms with Gasteiger partial charge in [0.25, 0.3) is 5.91 Å². The molecule has 3 rings (SSSR count). The van der Waals surface area contributed by atoms with Crippen molar-refractivity contribution in [2.24, 2.45) is 0 Å². The molecule has 0 radical (unpaired) electrons. The molecule has 0 unspecified atom stereocenters. The van der Waals surface area contributed by atoms with Gasteiger partial charge in [-0.3, -0.25) is 4.79 Å². The summed E-state index contributed by atoms with van der Waals surface area (Å²) in [5.41, 5.74) is 0.302. The van der Waals surface area contributed by atoms with Gasteiger partial charge >= 0.3 is 0 Å². The predicted molar refractivity (Wildman–Crippen MR) is 115 cm³/mol. The zero-order valence-corrected chi connectivity index (χ0v) is 18.6. The van der Waals surface area contributed by atoms with E-state index in [1.807, 2.05) is 0 Å². The minimum Gasteiger partial charge on any atom is -0.495 e. The minimum atomic E-state index is -3.76. The summed E-state index contributed by atoms with van der Waals surface area (Å²) in [4.78, 5) is 12.5. The monoisotopic (exact) mass is 438 g/mol. The maximum absolute atomic E-state index is 12.9. The molecule has 0 atom stereocenters. The van der Waals surface area contributed by atoms with Crippen LogP contribution in [-0.2, 0) is 14.8 Å². The number of hydrogen-bond donors (Lipinski definition) is 2. The van der Waals surface area contributed by atoms with E-state index in [0.29, 0.717) is 24.8 Å². The van der Waals surface area contributed by atoms with Gasteiger partial charge in [-0.25, -0.2) is 13.1 Å². The zero-order valence-electron chi connectivity index (χ0n) is 17.8. The van der Waals surface area contributed by atoms with Crippen molar-refractivity contribution in [2.75, 3.05) is 20.3 Å². The minimum absolute atomic E-state index is 0.00480. The molecule has 1 amide bonds. The number of amides is 1. The van der Waals surface area contributed by atoms with E-state index >= 15 is 0 Å². The van der Waals surface area contributed by atoms with Gasteiger partial charge in [-0.1, -0.05) is 32.1 Å². The van der Waals surface area contributed by atoms with Crippen LogP contribution in [0, 0.1) is 0 Å². The topological polar surface area (TPSA) is 93.7 Å². The largest absolute Gasteiger partial charge is 0.495 e. The first-order valence-corrected chi connectivity index (χ1v) is 12.6. The molecule has 8 heteroatoms. The average molecular weight is 439 g/mol. The lowest BCUT2D eigenvalue weighted by atomic mass is 9.98. The van der Waals surface area contributed by atoms with Crippen LogP contribution < -0.4 is 14.8 Å². The molecule has 2 N–H and O–H groups in total. The molecule has 2 saturated carbocycles. The van der Waals surface area contributed by atoms with Crippen LogP contribution in [0.15, 0.2) is 23.1 Å². The van der Waals surface area contributed by atoms with Crippen molar-refractivity contribution >= 4 is 15.9 Å². The van der Waals surface area contributed by atoms with Crippen molar-refractivity contribution < 1.29 is 22.7 Å². The molecule has 30 heavy (non-hydrogen) atoms. The molecule has 2 fully saturated rings. The maximum Gasteiger partial charge on any atom is 0.251 e. The third-order valence-corrected chi connectivity index (χ3v) is 7.45. The van der Waals surface area contributed by atoms with Gasteiger partial charge < -0.3 is 14.8 Å². The SMILES string of the molecule is COc1ccc(C(=O)NCCCOC2CCCCC2)cc1S(=O)(=O)NC1CCCC1. The van der Waals surface area contributed by atoms with Gasteiger partial charge in [0.15, 0.2) is 0 Å². The summed E-state index contributed by atoms with van der Waals surface area (Å²) in [6, 6.07) is 4.46. The van der Waals surface area contributed by atoms with E-state index in [2.05, 4.69) is 10.0 Å². The lowest BCUT2D eigenvalue weighted by Crippen LogP contribution is -2.33. The van der Waals surface area contributed by atoms with Crippen LogP contribution >= 0.6 is 0 Å². The molecule has 0 aromatic heterocycles. The van der Waals surface area contributed by atoms with Crippen LogP contribution in [0.1, 0.15) is 74.6 Å². The molecule has 1 aromatic carbocycles. The first-order valence-electron chi connectivity index (χ1n) is 11.1. The Balaban J connectivity index is 1.54. The lowest BCUT2D eigenvalue weighted by molar-refractivity contribution is 0.0273. The van der Waals surface area contributed by atoms with Crippen molar-refractivity contribution in [3.63, 3.8) is 0 Å². The van der Waals surface area contributed by atoms with E-state index < -0.39 is 10.0 Å². The highest BCUT2D eigenvalue weighted by molar-refractivity contribution is 7.89. The Kier molecular flexibility index (Phi) is 8.53. The van der Waals surface area contributed by atoms with Crippen LogP contribution in [-0.4, -0.2) is 46.7 Å². The standard InChI is InChI=1S/C22H34N2O5S/c1-28-20-13-12-17(16-21(20)30(26,27)24-18-8-5-6-9-18)22(25)23-14-7-15-29-19-10-3-2-4-11-19/h12-13,16,18-19,24H,2-11,14-15H2,1H3,(H,23,25). The van der Waals surface area contributed by atoms with Crippen LogP contribution in [0.25, 0.3) is 0 Å². The molecule has 2 aliphatic rings. The van der Waals surface area contributed by atoms with E-state index in [1.54, 1.807) is 6.07 Å². The third kappa shape index (κ3) is 6.43. The molecule has 0 saturated heterocycles. The number of carbonyl (C=O) groups excluding carboxylic acids is 1. The van der Waals surface area contributed by atoms with Gasteiger partial charge in [0.2, 0.25) is 10.0 Å². The quantitative estimate of drug-likeness (QED) is 0.546. The smallest absolute Gasteiger partial charge is 0.251 e. The third-order valence-electron chi connectivity index (χ3n) is 5.90. The Bertz CT molecular complexity index is 800. The Morgan fingerprint density at radius 3 is 2.47 bits per heavy atom. The summed E-state index contributed by atoms with van der Waals surface area (Å²) in [5, 5.41) is 2.85. The molecular formula is C22H34N2O5S. The van der Waals surface area contributed by atoms with E-state index in [9.17, 15) is 13.2 Å². The van der Waals surface area contributed by atoms with Gasteiger partial charge in [-0.2, -0.15) is 0 Å². The highest BCUT2D eigenvalue weighted by atomic mass is 32.2. The van der Waals surface area contributed by atoms with Crippen LogP contribution in [0.2, 0.25) is 0 Å². The van der Waals surface area contributed by atoms with E-state index in [4.69, 9.17) is 9.47 Å². The molecule has 0 heterocycles. The second-order valence-corrected chi connectivity index (χ2v) is 9.89. The lowest BCUT2D eigenvalue weighted by Gasteiger charge is -2.21. The Hall–Kier alpha value is -1.64. The van der Waals surface area contributed by atoms with E-state index in [0.717, 1.165) is 44.9 Å². The summed E-state index contributed by atoms with van der Waals surface area (Å²) in [5.74, 6) is -0.0643. The number of benzene rings is 1. The highest BCUT2D eigenvalue weighted by Crippen LogP contribution is 2.27. The van der Waals surface area contributed by atoms with E-state index in [-0.39, 0.29) is 22.6 Å². The Labute approximate surface area is 180 Å². The number of sulfonamides is 1. The summed E-state index contributed by atoms with van der Waals surface area (Å²) in [7, 11) is -2.33. The Morgan fingerprint density at radius 2 is 1.77 bits per heavy atom. The van der Waals surface area contributed by atoms with Crippen molar-refractivity contribution in [2.45, 2.75) is 81.2 Å². The molecule has 0 aliphatic heterocycles. The molecule has 2 aliphatic carbocycles. The predicted octanol–water partition coefficient (Wildman–Crippen LogP) is 3.39. The number of ether oxygens (including phenoxy) is 2. The van der Waals surface area contributed by atoms with E-state index in [1.165, 1.54) is 38.5 Å². The van der Waals surface area contributed by atoms with Crippen molar-refractivity contribution in [1.82, 2.24) is 10.0 Å². The van der Waals surface area contributed by atoms with Gasteiger partial charge in [-0.05, 0) is 50.3 Å². The van der Waals surface area contributed by atoms with Crippen LogP contribution in [0.5, 0.6) is 5.75 Å². The van der Waals surface area contributed by atoms with Crippen molar-refractivity contribution in [3.8, 4) is 5.75 Å². The Morgan fingerprint density at radius 1 is 1.07 bits per heavy atom. The number of rotatable bonds is 10. The zero-order chi connectivity index (χ0) is 21.4. The fraction of sp³-hybridized carbons (Fsp3) is 0.682. The van der Waals surface area contributed by atoms with Crippen LogP contribution in [0.3, 0.4) is 0 Å². The normalized spacial score (nSPS) is 18.4. The van der Waals surface area contributed by atoms with Gasteiger partial charge in [0.1, 0.15) is 10.6 Å². The van der Waals surface area contributed by atoms with Gasteiger partial charge in [-0.15, -0.1) is 0 Å². The number of hydrogen-bond acceptors (Lipinski definition) is 5. The maximum atomic E-state index is 12.9. The summed E-state index contributed by atoms with van der Waals surface area (Å²) < 4.78 is 39.6. The first-order chi connectivity index (χ1) is 14.5. The first kappa shape index (κ1) is 23.0. The average Bonchev–Trinajstić information content (AvgIpc) is 3.26. The van der Waals surface area contributed by atoms with Crippen molar-refractivity contribution in [1.29, 1.82) is 0 Å². The van der Waals surface area contributed by atoms with Gasteiger partial charge in [0, 0.05) is 24.8 Å². The molecule has 7 nitrogen and oxygen atoms in total. The fourth-order valence-corrected chi connectivity index (χ4v) is 5.71. The molecule has 168 valence electrons.